The Kier molecular flexibility index (Phi) is 19.1. The van der Waals surface area contributed by atoms with Gasteiger partial charge in [0.15, 0.2) is 0 Å². The van der Waals surface area contributed by atoms with Crippen molar-refractivity contribution in [2.45, 2.75) is 12.5 Å². The lowest BCUT2D eigenvalue weighted by Crippen LogP contribution is -2.32. The molecule has 4 N–H and O–H groups in total. The number of carbonyl (C=O) groups is 1. The summed E-state index contributed by atoms with van der Waals surface area (Å²) < 4.78 is 0. The molecule has 1 aromatic heterocycles. The first kappa shape index (κ1) is 24.2. The zero-order valence-electron chi connectivity index (χ0n) is 7.45. The van der Waals surface area contributed by atoms with Gasteiger partial charge in [0.05, 0.1) is 6.33 Å². The summed E-state index contributed by atoms with van der Waals surface area (Å²) in [6.07, 6.45) is 3.34. The minimum Gasteiger partial charge on any atom is -0.480 e. The summed E-state index contributed by atoms with van der Waals surface area (Å²) in [5.41, 5.74) is 6.00. The van der Waals surface area contributed by atoms with Crippen molar-refractivity contribution in [3.05, 3.63) is 18.2 Å². The molecule has 15 heavy (non-hydrogen) atoms. The van der Waals surface area contributed by atoms with Gasteiger partial charge < -0.3 is 15.8 Å². The van der Waals surface area contributed by atoms with Gasteiger partial charge in [0, 0.05) is 18.3 Å². The smallest absolute Gasteiger partial charge is 0.320 e. The van der Waals surface area contributed by atoms with E-state index in [9.17, 15) is 4.79 Å². The molecule has 1 aromatic rings. The Hall–Kier alpha value is -0.200. The fourth-order valence-corrected chi connectivity index (χ4v) is 0.721. The first-order valence-electron chi connectivity index (χ1n) is 3.16. The predicted molar refractivity (Wildman–Crippen MR) is 66.9 cm³/mol. The Morgan fingerprint density at radius 1 is 1.47 bits per heavy atom. The second-order valence-electron chi connectivity index (χ2n) is 2.23. The summed E-state index contributed by atoms with van der Waals surface area (Å²) in [4.78, 5) is 16.8. The van der Waals surface area contributed by atoms with Crippen LogP contribution in [0.4, 0.5) is 0 Å². The Labute approximate surface area is 112 Å². The number of carboxylic acid groups (broad SMARTS) is 1. The largest absolute Gasteiger partial charge is 0.480 e. The fourth-order valence-electron chi connectivity index (χ4n) is 0.721. The van der Waals surface area contributed by atoms with Crippen molar-refractivity contribution < 1.29 is 9.90 Å². The molecule has 92 valence electrons. The zero-order valence-corrected chi connectivity index (χ0v) is 10.7. The molecule has 0 bridgehead atoms. The molecule has 1 heterocycles. The molecule has 0 aliphatic carbocycles. The van der Waals surface area contributed by atoms with Gasteiger partial charge in [-0.3, -0.25) is 4.79 Å². The topological polar surface area (TPSA) is 92.0 Å². The number of aromatic amines is 1. The van der Waals surface area contributed by atoms with Gasteiger partial charge in [-0.1, -0.05) is 0 Å². The first-order valence-corrected chi connectivity index (χ1v) is 3.16. The number of hydrogen-bond donors (Lipinski definition) is 3. The van der Waals surface area contributed by atoms with Crippen LogP contribution in [0.5, 0.6) is 0 Å². The molecule has 5 nitrogen and oxygen atoms in total. The van der Waals surface area contributed by atoms with E-state index in [1.807, 2.05) is 0 Å². The molecule has 0 unspecified atom stereocenters. The summed E-state index contributed by atoms with van der Waals surface area (Å²) >= 11 is 0. The van der Waals surface area contributed by atoms with Crippen LogP contribution in [0.25, 0.3) is 0 Å². The van der Waals surface area contributed by atoms with Crippen LogP contribution in [0.2, 0.25) is 0 Å². The lowest BCUT2D eigenvalue weighted by molar-refractivity contribution is -0.138. The van der Waals surface area contributed by atoms with Crippen molar-refractivity contribution in [3.8, 4) is 0 Å². The molecule has 1 rings (SSSR count). The number of aliphatic carboxylic acids is 1. The van der Waals surface area contributed by atoms with Crippen molar-refractivity contribution in [2.24, 2.45) is 5.73 Å². The third kappa shape index (κ3) is 8.77. The standard InChI is InChI=1S/C6H9N3O2.4ClH/c7-5(6(10)11)1-4-2-8-3-9-4;;;;/h2-3,5H,1,7H2,(H,8,9)(H,10,11);4*1H/t5-;;;;/m1..../s1. The molecule has 0 amide bonds. The van der Waals surface area contributed by atoms with E-state index in [-0.39, 0.29) is 56.0 Å². The summed E-state index contributed by atoms with van der Waals surface area (Å²) in [5, 5.41) is 8.42. The van der Waals surface area contributed by atoms with Crippen LogP contribution in [-0.2, 0) is 11.2 Å². The molecule has 1 atom stereocenters. The number of carboxylic acids is 1. The van der Waals surface area contributed by atoms with Crippen LogP contribution in [0.3, 0.4) is 0 Å². The van der Waals surface area contributed by atoms with E-state index in [1.165, 1.54) is 6.33 Å². The van der Waals surface area contributed by atoms with Crippen LogP contribution in [0, 0.1) is 0 Å². The number of halogens is 4. The van der Waals surface area contributed by atoms with Gasteiger partial charge in [0.2, 0.25) is 0 Å². The lowest BCUT2D eigenvalue weighted by Gasteiger charge is -2.02. The fraction of sp³-hybridized carbons (Fsp3) is 0.333. The Balaban J connectivity index is -0.000000151. The molecule has 0 saturated carbocycles. The highest BCUT2D eigenvalue weighted by atomic mass is 35.5. The van der Waals surface area contributed by atoms with E-state index in [4.69, 9.17) is 10.8 Å². The van der Waals surface area contributed by atoms with E-state index >= 15 is 0 Å². The van der Waals surface area contributed by atoms with E-state index < -0.39 is 12.0 Å². The van der Waals surface area contributed by atoms with E-state index in [0.29, 0.717) is 0 Å². The summed E-state index contributed by atoms with van der Waals surface area (Å²) in [6.45, 7) is 0. The number of nitrogens with two attached hydrogens (primary N) is 1. The van der Waals surface area contributed by atoms with Gasteiger partial charge in [0.1, 0.15) is 6.04 Å². The van der Waals surface area contributed by atoms with Crippen molar-refractivity contribution in [3.63, 3.8) is 0 Å². The molecular formula is C6H13Cl4N3O2. The molecule has 9 heteroatoms. The van der Waals surface area contributed by atoms with Crippen LogP contribution >= 0.6 is 49.6 Å². The number of nitrogens with one attached hydrogen (secondary N) is 1. The van der Waals surface area contributed by atoms with Gasteiger partial charge in [-0.05, 0) is 0 Å². The first-order chi connectivity index (χ1) is 5.20. The molecule has 0 fully saturated rings. The second kappa shape index (κ2) is 11.9. The number of nitrogens with zero attached hydrogens (tertiary/aromatic N) is 1. The highest BCUT2D eigenvalue weighted by Gasteiger charge is 2.11. The minimum absolute atomic E-state index is 0. The average molecular weight is 301 g/mol. The normalized spacial score (nSPS) is 9.40. The second-order valence-corrected chi connectivity index (χ2v) is 2.23. The molecule has 0 aliphatic rings. The number of rotatable bonds is 3. The van der Waals surface area contributed by atoms with Gasteiger partial charge in [-0.15, -0.1) is 49.6 Å². The van der Waals surface area contributed by atoms with Gasteiger partial charge in [-0.2, -0.15) is 0 Å². The Bertz CT molecular complexity index is 245. The number of hydrogen-bond acceptors (Lipinski definition) is 3. The highest BCUT2D eigenvalue weighted by molar-refractivity contribution is 5.86. The third-order valence-corrected chi connectivity index (χ3v) is 1.31. The summed E-state index contributed by atoms with van der Waals surface area (Å²) in [6, 6.07) is -0.851. The summed E-state index contributed by atoms with van der Waals surface area (Å²) in [5.74, 6) is -1.00. The van der Waals surface area contributed by atoms with E-state index in [2.05, 4.69) is 9.97 Å². The lowest BCUT2D eigenvalue weighted by atomic mass is 10.2. The Morgan fingerprint density at radius 2 is 2.00 bits per heavy atom. The van der Waals surface area contributed by atoms with Crippen LogP contribution < -0.4 is 5.73 Å². The molecule has 0 saturated heterocycles. The van der Waals surface area contributed by atoms with Crippen molar-refractivity contribution >= 4 is 55.6 Å². The molecule has 0 radical (unpaired) electrons. The zero-order chi connectivity index (χ0) is 8.27. The monoisotopic (exact) mass is 299 g/mol. The quantitative estimate of drug-likeness (QED) is 0.778. The third-order valence-electron chi connectivity index (χ3n) is 1.31. The van der Waals surface area contributed by atoms with Crippen molar-refractivity contribution in [1.29, 1.82) is 0 Å². The SMILES string of the molecule is Cl.Cl.Cl.Cl.N[C@H](Cc1cnc[nH]1)C(=O)O. The van der Waals surface area contributed by atoms with Gasteiger partial charge in [0.25, 0.3) is 0 Å². The van der Waals surface area contributed by atoms with Gasteiger partial charge >= 0.3 is 5.97 Å². The van der Waals surface area contributed by atoms with Gasteiger partial charge in [-0.25, -0.2) is 4.98 Å². The van der Waals surface area contributed by atoms with E-state index in [1.54, 1.807) is 6.20 Å². The molecule has 0 spiro atoms. The van der Waals surface area contributed by atoms with Crippen LogP contribution in [0.15, 0.2) is 12.5 Å². The maximum absolute atomic E-state index is 10.3. The molecular weight excluding hydrogens is 288 g/mol. The van der Waals surface area contributed by atoms with Crippen molar-refractivity contribution in [2.75, 3.05) is 0 Å². The maximum atomic E-state index is 10.3. The highest BCUT2D eigenvalue weighted by Crippen LogP contribution is 1.95. The van der Waals surface area contributed by atoms with Crippen LogP contribution in [0.1, 0.15) is 5.69 Å². The Morgan fingerprint density at radius 3 is 2.33 bits per heavy atom. The minimum atomic E-state index is -1.00. The molecule has 0 aromatic carbocycles. The number of H-pyrrole nitrogens is 1. The van der Waals surface area contributed by atoms with Crippen molar-refractivity contribution in [1.82, 2.24) is 9.97 Å². The summed E-state index contributed by atoms with van der Waals surface area (Å²) in [7, 11) is 0. The van der Waals surface area contributed by atoms with Crippen LogP contribution in [-0.4, -0.2) is 27.1 Å². The number of aromatic nitrogens is 2. The molecule has 0 aliphatic heterocycles. The predicted octanol–water partition coefficient (Wildman–Crippen LogP) is 1.05. The average Bonchev–Trinajstić information content (AvgIpc) is 2.39. The van der Waals surface area contributed by atoms with E-state index in [0.717, 1.165) is 5.69 Å². The maximum Gasteiger partial charge on any atom is 0.320 e. The number of imidazole rings is 1.